The third kappa shape index (κ3) is 2.74. The van der Waals surface area contributed by atoms with Gasteiger partial charge in [0, 0.05) is 12.5 Å². The Morgan fingerprint density at radius 3 is 2.19 bits per heavy atom. The quantitative estimate of drug-likeness (QED) is 0.806. The highest BCUT2D eigenvalue weighted by molar-refractivity contribution is 5.07. The van der Waals surface area contributed by atoms with Crippen LogP contribution in [0.1, 0.15) is 38.8 Å². The molecule has 92 valence electrons. The molecule has 0 N–H and O–H groups in total. The smallest absolute Gasteiger partial charge is 0.317 e. The van der Waals surface area contributed by atoms with Crippen LogP contribution in [0.2, 0.25) is 0 Å². The number of nitrogens with zero attached hydrogens (tertiary/aromatic N) is 3. The lowest BCUT2D eigenvalue weighted by molar-refractivity contribution is -0.129. The first-order valence-corrected chi connectivity index (χ1v) is 5.13. The van der Waals surface area contributed by atoms with Crippen molar-refractivity contribution in [3.05, 3.63) is 11.6 Å². The summed E-state index contributed by atoms with van der Waals surface area (Å²) in [7, 11) is 1.58. The minimum atomic E-state index is -4.24. The molecule has 0 fully saturated rings. The second kappa shape index (κ2) is 4.07. The van der Waals surface area contributed by atoms with E-state index in [-0.39, 0.29) is 11.2 Å². The summed E-state index contributed by atoms with van der Waals surface area (Å²) in [4.78, 5) is 0. The maximum atomic E-state index is 12.2. The van der Waals surface area contributed by atoms with Crippen LogP contribution in [-0.2, 0) is 18.9 Å². The predicted molar refractivity (Wildman–Crippen MR) is 54.1 cm³/mol. The summed E-state index contributed by atoms with van der Waals surface area (Å²) in [5.41, 5.74) is -0.258. The molecule has 0 spiro atoms. The van der Waals surface area contributed by atoms with E-state index < -0.39 is 12.6 Å². The number of hydrogen-bond donors (Lipinski definition) is 0. The summed E-state index contributed by atoms with van der Waals surface area (Å²) in [6, 6.07) is 0. The Labute approximate surface area is 92.7 Å². The van der Waals surface area contributed by atoms with Gasteiger partial charge in [-0.3, -0.25) is 0 Å². The van der Waals surface area contributed by atoms with Crippen LogP contribution in [0.15, 0.2) is 0 Å². The van der Waals surface area contributed by atoms with Gasteiger partial charge in [0.2, 0.25) is 0 Å². The molecule has 0 aliphatic carbocycles. The zero-order valence-electron chi connectivity index (χ0n) is 9.89. The second-order valence-corrected chi connectivity index (χ2v) is 4.53. The summed E-state index contributed by atoms with van der Waals surface area (Å²) >= 11 is 0. The van der Waals surface area contributed by atoms with Gasteiger partial charge in [0.15, 0.2) is 0 Å². The Morgan fingerprint density at radius 2 is 1.75 bits per heavy atom. The van der Waals surface area contributed by atoms with Crippen molar-refractivity contribution in [2.24, 2.45) is 7.05 Å². The fourth-order valence-corrected chi connectivity index (χ4v) is 1.44. The molecule has 1 aromatic heterocycles. The van der Waals surface area contributed by atoms with Crippen molar-refractivity contribution >= 4 is 0 Å². The Balaban J connectivity index is 3.02. The van der Waals surface area contributed by atoms with E-state index in [9.17, 15) is 13.2 Å². The topological polar surface area (TPSA) is 30.7 Å². The summed E-state index contributed by atoms with van der Waals surface area (Å²) in [5.74, 6) is 0.554. The molecule has 0 unspecified atom stereocenters. The third-order valence-electron chi connectivity index (χ3n) is 2.81. The first-order chi connectivity index (χ1) is 7.17. The highest BCUT2D eigenvalue weighted by atomic mass is 19.4. The van der Waals surface area contributed by atoms with Gasteiger partial charge < -0.3 is 4.57 Å². The van der Waals surface area contributed by atoms with Crippen LogP contribution in [-0.4, -0.2) is 20.9 Å². The lowest BCUT2D eigenvalue weighted by atomic mass is 9.89. The summed E-state index contributed by atoms with van der Waals surface area (Å²) in [6.45, 7) is 5.85. The Morgan fingerprint density at radius 1 is 1.19 bits per heavy atom. The molecular formula is C10H16F3N3. The van der Waals surface area contributed by atoms with Crippen molar-refractivity contribution in [3.8, 4) is 0 Å². The third-order valence-corrected chi connectivity index (χ3v) is 2.81. The van der Waals surface area contributed by atoms with E-state index in [1.54, 1.807) is 7.05 Å². The van der Waals surface area contributed by atoms with Gasteiger partial charge in [-0.2, -0.15) is 13.2 Å². The minimum Gasteiger partial charge on any atom is -0.317 e. The molecular weight excluding hydrogens is 219 g/mol. The van der Waals surface area contributed by atoms with Crippen LogP contribution in [0.4, 0.5) is 13.2 Å². The number of rotatable bonds is 3. The standard InChI is InChI=1S/C10H16F3N3/c1-5-9(2,3)8-15-14-7(16(8)4)6-10(11,12)13/h5-6H2,1-4H3. The average Bonchev–Trinajstić information content (AvgIpc) is 2.46. The minimum absolute atomic E-state index is 0.0379. The van der Waals surface area contributed by atoms with Crippen molar-refractivity contribution in [1.82, 2.24) is 14.8 Å². The number of aromatic nitrogens is 3. The Hall–Kier alpha value is -1.07. The van der Waals surface area contributed by atoms with E-state index in [4.69, 9.17) is 0 Å². The highest BCUT2D eigenvalue weighted by Crippen LogP contribution is 2.26. The van der Waals surface area contributed by atoms with E-state index in [1.165, 1.54) is 4.57 Å². The molecule has 6 heteroatoms. The molecule has 0 aliphatic heterocycles. The summed E-state index contributed by atoms with van der Waals surface area (Å²) in [6.07, 6.45) is -4.48. The molecule has 0 radical (unpaired) electrons. The van der Waals surface area contributed by atoms with Gasteiger partial charge in [0.1, 0.15) is 18.1 Å². The molecule has 16 heavy (non-hydrogen) atoms. The van der Waals surface area contributed by atoms with Crippen molar-refractivity contribution in [1.29, 1.82) is 0 Å². The van der Waals surface area contributed by atoms with Gasteiger partial charge in [0.25, 0.3) is 0 Å². The summed E-state index contributed by atoms with van der Waals surface area (Å²) < 4.78 is 38.1. The van der Waals surface area contributed by atoms with Gasteiger partial charge in [-0.15, -0.1) is 10.2 Å². The van der Waals surface area contributed by atoms with E-state index in [0.717, 1.165) is 6.42 Å². The van der Waals surface area contributed by atoms with Crippen molar-refractivity contribution in [2.75, 3.05) is 0 Å². The maximum Gasteiger partial charge on any atom is 0.396 e. The summed E-state index contributed by atoms with van der Waals surface area (Å²) in [5, 5.41) is 7.46. The molecule has 0 amide bonds. The SMILES string of the molecule is CCC(C)(C)c1nnc(CC(F)(F)F)n1C. The number of alkyl halides is 3. The highest BCUT2D eigenvalue weighted by Gasteiger charge is 2.32. The van der Waals surface area contributed by atoms with E-state index in [0.29, 0.717) is 5.82 Å². The van der Waals surface area contributed by atoms with E-state index >= 15 is 0 Å². The van der Waals surface area contributed by atoms with E-state index in [2.05, 4.69) is 10.2 Å². The second-order valence-electron chi connectivity index (χ2n) is 4.53. The lowest BCUT2D eigenvalue weighted by Gasteiger charge is -2.21. The zero-order valence-corrected chi connectivity index (χ0v) is 9.89. The molecule has 1 heterocycles. The number of halogens is 3. The molecule has 0 atom stereocenters. The van der Waals surface area contributed by atoms with Crippen molar-refractivity contribution in [3.63, 3.8) is 0 Å². The lowest BCUT2D eigenvalue weighted by Crippen LogP contribution is -2.22. The molecule has 0 saturated carbocycles. The van der Waals surface area contributed by atoms with Crippen LogP contribution in [0.3, 0.4) is 0 Å². The molecule has 0 saturated heterocycles. The van der Waals surface area contributed by atoms with Gasteiger partial charge in [-0.05, 0) is 6.42 Å². The normalized spacial score (nSPS) is 13.2. The predicted octanol–water partition coefficient (Wildman–Crippen LogP) is 2.61. The van der Waals surface area contributed by atoms with E-state index in [1.807, 2.05) is 20.8 Å². The van der Waals surface area contributed by atoms with Crippen molar-refractivity contribution in [2.45, 2.75) is 45.2 Å². The van der Waals surface area contributed by atoms with Gasteiger partial charge >= 0.3 is 6.18 Å². The molecule has 0 aliphatic rings. The monoisotopic (exact) mass is 235 g/mol. The molecule has 1 aromatic rings. The molecule has 1 rings (SSSR count). The van der Waals surface area contributed by atoms with Gasteiger partial charge in [0.05, 0.1) is 0 Å². The van der Waals surface area contributed by atoms with Crippen LogP contribution in [0, 0.1) is 0 Å². The fourth-order valence-electron chi connectivity index (χ4n) is 1.44. The van der Waals surface area contributed by atoms with Gasteiger partial charge in [-0.1, -0.05) is 20.8 Å². The Kier molecular flexibility index (Phi) is 3.30. The van der Waals surface area contributed by atoms with Crippen LogP contribution in [0.5, 0.6) is 0 Å². The van der Waals surface area contributed by atoms with Crippen LogP contribution >= 0.6 is 0 Å². The fraction of sp³-hybridized carbons (Fsp3) is 0.800. The first kappa shape index (κ1) is 13.0. The van der Waals surface area contributed by atoms with Crippen LogP contribution in [0.25, 0.3) is 0 Å². The van der Waals surface area contributed by atoms with Crippen LogP contribution < -0.4 is 0 Å². The van der Waals surface area contributed by atoms with Gasteiger partial charge in [-0.25, -0.2) is 0 Å². The largest absolute Gasteiger partial charge is 0.396 e. The molecule has 0 aromatic carbocycles. The Bertz CT molecular complexity index is 366. The average molecular weight is 235 g/mol. The molecule has 0 bridgehead atoms. The van der Waals surface area contributed by atoms with Crippen molar-refractivity contribution < 1.29 is 13.2 Å². The first-order valence-electron chi connectivity index (χ1n) is 5.13. The molecule has 3 nitrogen and oxygen atoms in total. The number of hydrogen-bond acceptors (Lipinski definition) is 2. The maximum absolute atomic E-state index is 12.2. The zero-order chi connectivity index (χ0) is 12.6.